The fourth-order valence-corrected chi connectivity index (χ4v) is 3.31. The molecule has 0 aromatic heterocycles. The molecular weight excluding hydrogens is 362 g/mol. The number of nitrogens with zero attached hydrogens (tertiary/aromatic N) is 1. The molecule has 6 nitrogen and oxygen atoms in total. The van der Waals surface area contributed by atoms with E-state index in [-0.39, 0.29) is 0 Å². The van der Waals surface area contributed by atoms with Crippen LogP contribution in [0.1, 0.15) is 15.9 Å². The van der Waals surface area contributed by atoms with Gasteiger partial charge in [-0.3, -0.25) is 9.79 Å². The Morgan fingerprint density at radius 1 is 1.19 bits per heavy atom. The summed E-state index contributed by atoms with van der Waals surface area (Å²) in [4.78, 5) is 15.8. The third-order valence-corrected chi connectivity index (χ3v) is 4.74. The van der Waals surface area contributed by atoms with Crippen molar-refractivity contribution in [1.29, 1.82) is 0 Å². The Kier molecular flexibility index (Phi) is 7.76. The fourth-order valence-electron chi connectivity index (χ4n) is 2.41. The number of aliphatic imine (C=N–C) groups is 1. The van der Waals surface area contributed by atoms with E-state index in [0.29, 0.717) is 23.8 Å². The Morgan fingerprint density at radius 2 is 1.89 bits per heavy atom. The number of hydrogen-bond acceptors (Lipinski definition) is 7. The first-order valence-corrected chi connectivity index (χ1v) is 9.16. The minimum Gasteiger partial charge on any atom is -0.496 e. The smallest absolute Gasteiger partial charge is 0.150 e. The van der Waals surface area contributed by atoms with Gasteiger partial charge in [0, 0.05) is 17.0 Å². The molecule has 2 aromatic rings. The van der Waals surface area contributed by atoms with Gasteiger partial charge in [-0.05, 0) is 37.0 Å². The topological polar surface area (TPSA) is 72.0 Å². The van der Waals surface area contributed by atoms with E-state index in [2.05, 4.69) is 28.9 Å². The summed E-state index contributed by atoms with van der Waals surface area (Å²) in [6.07, 6.45) is 0.811. The lowest BCUT2D eigenvalue weighted by atomic mass is 10.1. The number of thioether (sulfide) groups is 1. The van der Waals surface area contributed by atoms with E-state index in [4.69, 9.17) is 9.47 Å². The number of carbonyl (C=O) groups excluding carboxylic acids is 1. The standard InChI is InChI=1S/C20H23N3O3S/c1-14(22-11-16-18(25-3)6-5-7-19(16)26-4)23-13-27-20-10-15(12-24)8-9-17(20)21-2/h5-10,12,22-23H,1-2,11,13H2,3-4H3. The molecule has 2 rings (SSSR count). The first kappa shape index (κ1) is 20.4. The predicted molar refractivity (Wildman–Crippen MR) is 110 cm³/mol. The van der Waals surface area contributed by atoms with Gasteiger partial charge in [-0.15, -0.1) is 11.8 Å². The van der Waals surface area contributed by atoms with Crippen LogP contribution in [0.5, 0.6) is 11.5 Å². The highest BCUT2D eigenvalue weighted by Gasteiger charge is 2.10. The molecule has 27 heavy (non-hydrogen) atoms. The Bertz CT molecular complexity index is 802. The maximum Gasteiger partial charge on any atom is 0.150 e. The molecule has 142 valence electrons. The van der Waals surface area contributed by atoms with E-state index in [0.717, 1.165) is 33.9 Å². The largest absolute Gasteiger partial charge is 0.496 e. The van der Waals surface area contributed by atoms with E-state index in [1.807, 2.05) is 18.2 Å². The summed E-state index contributed by atoms with van der Waals surface area (Å²) >= 11 is 1.51. The zero-order chi connectivity index (χ0) is 19.6. The van der Waals surface area contributed by atoms with Gasteiger partial charge in [0.05, 0.1) is 37.2 Å². The first-order valence-electron chi connectivity index (χ1n) is 8.18. The molecule has 2 aromatic carbocycles. The molecule has 2 N–H and O–H groups in total. The molecule has 0 aliphatic carbocycles. The van der Waals surface area contributed by atoms with Gasteiger partial charge >= 0.3 is 0 Å². The summed E-state index contributed by atoms with van der Waals surface area (Å²) in [6.45, 7) is 8.04. The second-order valence-corrected chi connectivity index (χ2v) is 6.46. The van der Waals surface area contributed by atoms with E-state index >= 15 is 0 Å². The number of carbonyl (C=O) groups is 1. The van der Waals surface area contributed by atoms with Gasteiger partial charge in [-0.25, -0.2) is 0 Å². The molecule has 0 aliphatic rings. The van der Waals surface area contributed by atoms with Crippen molar-refractivity contribution in [3.63, 3.8) is 0 Å². The van der Waals surface area contributed by atoms with Gasteiger partial charge in [-0.1, -0.05) is 12.6 Å². The Morgan fingerprint density at radius 3 is 2.48 bits per heavy atom. The van der Waals surface area contributed by atoms with Crippen molar-refractivity contribution in [3.05, 3.63) is 59.9 Å². The van der Waals surface area contributed by atoms with Crippen molar-refractivity contribution in [2.24, 2.45) is 4.99 Å². The van der Waals surface area contributed by atoms with Crippen molar-refractivity contribution in [2.45, 2.75) is 11.4 Å². The molecular formula is C20H23N3O3S. The van der Waals surface area contributed by atoms with E-state index in [9.17, 15) is 4.79 Å². The molecule has 0 unspecified atom stereocenters. The first-order chi connectivity index (χ1) is 13.1. The second-order valence-electron chi connectivity index (χ2n) is 5.44. The maximum atomic E-state index is 10.9. The monoisotopic (exact) mass is 385 g/mol. The highest BCUT2D eigenvalue weighted by Crippen LogP contribution is 2.30. The Labute approximate surface area is 163 Å². The fraction of sp³-hybridized carbons (Fsp3) is 0.200. The van der Waals surface area contributed by atoms with Gasteiger partial charge in [-0.2, -0.15) is 0 Å². The van der Waals surface area contributed by atoms with Crippen LogP contribution in [-0.4, -0.2) is 33.1 Å². The third-order valence-electron chi connectivity index (χ3n) is 3.81. The zero-order valence-corrected chi connectivity index (χ0v) is 16.3. The lowest BCUT2D eigenvalue weighted by Crippen LogP contribution is -2.25. The maximum absolute atomic E-state index is 10.9. The number of benzene rings is 2. The summed E-state index contributed by atoms with van der Waals surface area (Å²) in [5, 5.41) is 6.41. The quantitative estimate of drug-likeness (QED) is 0.266. The highest BCUT2D eigenvalue weighted by atomic mass is 32.2. The van der Waals surface area contributed by atoms with Crippen LogP contribution in [0.3, 0.4) is 0 Å². The van der Waals surface area contributed by atoms with Gasteiger partial charge < -0.3 is 20.1 Å². The summed E-state index contributed by atoms with van der Waals surface area (Å²) < 4.78 is 10.8. The molecule has 0 amide bonds. The second kappa shape index (κ2) is 10.3. The van der Waals surface area contributed by atoms with Crippen LogP contribution >= 0.6 is 11.8 Å². The number of rotatable bonds is 11. The van der Waals surface area contributed by atoms with Crippen LogP contribution < -0.4 is 20.1 Å². The normalized spacial score (nSPS) is 10.0. The van der Waals surface area contributed by atoms with Gasteiger partial charge in [0.2, 0.25) is 0 Å². The Balaban J connectivity index is 1.91. The van der Waals surface area contributed by atoms with Crippen molar-refractivity contribution in [2.75, 3.05) is 20.1 Å². The Hall–Kier alpha value is -2.93. The van der Waals surface area contributed by atoms with Crippen LogP contribution in [-0.2, 0) is 6.54 Å². The molecule has 0 saturated heterocycles. The number of methoxy groups -OCH3 is 2. The van der Waals surface area contributed by atoms with Crippen molar-refractivity contribution in [3.8, 4) is 11.5 Å². The van der Waals surface area contributed by atoms with Crippen LogP contribution in [0.25, 0.3) is 0 Å². The third kappa shape index (κ3) is 5.52. The SMILES string of the molecule is C=Nc1ccc(C=O)cc1SCNC(=C)NCc1c(OC)cccc1OC. The molecule has 7 heteroatoms. The number of nitrogens with one attached hydrogen (secondary N) is 2. The van der Waals surface area contributed by atoms with Crippen LogP contribution in [0.4, 0.5) is 5.69 Å². The molecule has 0 atom stereocenters. The lowest BCUT2D eigenvalue weighted by molar-refractivity contribution is 0.112. The summed E-state index contributed by atoms with van der Waals surface area (Å²) in [7, 11) is 3.25. The molecule has 0 fully saturated rings. The number of ether oxygens (including phenoxy) is 2. The number of hydrogen-bond donors (Lipinski definition) is 2. The van der Waals surface area contributed by atoms with Gasteiger partial charge in [0.15, 0.2) is 0 Å². The van der Waals surface area contributed by atoms with E-state index in [1.165, 1.54) is 11.8 Å². The van der Waals surface area contributed by atoms with E-state index < -0.39 is 0 Å². The van der Waals surface area contributed by atoms with Crippen LogP contribution in [0.2, 0.25) is 0 Å². The molecule has 0 heterocycles. The summed E-state index contributed by atoms with van der Waals surface area (Å²) in [5.74, 6) is 2.71. The molecule has 0 saturated carbocycles. The average molecular weight is 385 g/mol. The minimum absolute atomic E-state index is 0.504. The zero-order valence-electron chi connectivity index (χ0n) is 15.5. The predicted octanol–water partition coefficient (Wildman–Crippen LogP) is 3.75. The van der Waals surface area contributed by atoms with Crippen LogP contribution in [0, 0.1) is 0 Å². The van der Waals surface area contributed by atoms with Crippen molar-refractivity contribution >= 4 is 30.5 Å². The minimum atomic E-state index is 0.504. The van der Waals surface area contributed by atoms with Gasteiger partial charge in [0.25, 0.3) is 0 Å². The van der Waals surface area contributed by atoms with Crippen molar-refractivity contribution < 1.29 is 14.3 Å². The molecule has 0 bridgehead atoms. The summed E-state index contributed by atoms with van der Waals surface area (Å²) in [5.41, 5.74) is 2.25. The lowest BCUT2D eigenvalue weighted by Gasteiger charge is -2.16. The summed E-state index contributed by atoms with van der Waals surface area (Å²) in [6, 6.07) is 10.9. The van der Waals surface area contributed by atoms with Crippen molar-refractivity contribution in [1.82, 2.24) is 10.6 Å². The molecule has 0 spiro atoms. The van der Waals surface area contributed by atoms with Gasteiger partial charge in [0.1, 0.15) is 17.8 Å². The van der Waals surface area contributed by atoms with E-state index in [1.54, 1.807) is 32.4 Å². The molecule has 0 radical (unpaired) electrons. The average Bonchev–Trinajstić information content (AvgIpc) is 2.71. The number of aldehydes is 1. The van der Waals surface area contributed by atoms with Crippen LogP contribution in [0.15, 0.2) is 58.7 Å². The highest BCUT2D eigenvalue weighted by molar-refractivity contribution is 7.99. The molecule has 0 aliphatic heterocycles.